The standard InChI is InChI=1S/C18H18BrN3O3/c1-21(12-13-2-4-14(19)5-3-13)17(23)20-15-6-8-16(9-7-15)22-10-11-25-18(22)24/h2-9H,10-12H2,1H3,(H,20,23). The number of benzene rings is 2. The molecule has 0 atom stereocenters. The molecule has 3 amide bonds. The summed E-state index contributed by atoms with van der Waals surface area (Å²) in [5, 5.41) is 2.85. The second-order valence-electron chi connectivity index (χ2n) is 5.73. The fourth-order valence-corrected chi connectivity index (χ4v) is 2.77. The monoisotopic (exact) mass is 403 g/mol. The van der Waals surface area contributed by atoms with Crippen molar-refractivity contribution < 1.29 is 14.3 Å². The molecule has 0 bridgehead atoms. The number of urea groups is 1. The van der Waals surface area contributed by atoms with Crippen LogP contribution in [0.15, 0.2) is 53.0 Å². The van der Waals surface area contributed by atoms with Crippen molar-refractivity contribution in [3.05, 3.63) is 58.6 Å². The van der Waals surface area contributed by atoms with Gasteiger partial charge >= 0.3 is 12.1 Å². The molecule has 0 radical (unpaired) electrons. The number of hydrogen-bond donors (Lipinski definition) is 1. The largest absolute Gasteiger partial charge is 0.447 e. The fourth-order valence-electron chi connectivity index (χ4n) is 2.51. The molecule has 2 aromatic rings. The lowest BCUT2D eigenvalue weighted by atomic mass is 10.2. The van der Waals surface area contributed by atoms with Gasteiger partial charge in [-0.15, -0.1) is 0 Å². The maximum atomic E-state index is 12.3. The second-order valence-corrected chi connectivity index (χ2v) is 6.64. The van der Waals surface area contributed by atoms with Crippen molar-refractivity contribution in [2.45, 2.75) is 6.54 Å². The molecule has 0 unspecified atom stereocenters. The normalized spacial score (nSPS) is 13.5. The quantitative estimate of drug-likeness (QED) is 0.836. The van der Waals surface area contributed by atoms with Crippen LogP contribution in [0.4, 0.5) is 21.0 Å². The van der Waals surface area contributed by atoms with Crippen molar-refractivity contribution in [1.82, 2.24) is 4.90 Å². The third-order valence-corrected chi connectivity index (χ3v) is 4.40. The van der Waals surface area contributed by atoms with Crippen LogP contribution in [0.2, 0.25) is 0 Å². The van der Waals surface area contributed by atoms with Crippen molar-refractivity contribution >= 4 is 39.4 Å². The van der Waals surface area contributed by atoms with E-state index in [0.717, 1.165) is 15.7 Å². The van der Waals surface area contributed by atoms with Gasteiger partial charge in [0.05, 0.1) is 6.54 Å². The molecule has 6 nitrogen and oxygen atoms in total. The van der Waals surface area contributed by atoms with Gasteiger partial charge < -0.3 is 15.0 Å². The Balaban J connectivity index is 1.58. The molecule has 3 rings (SSSR count). The van der Waals surface area contributed by atoms with E-state index in [9.17, 15) is 9.59 Å². The second kappa shape index (κ2) is 7.57. The Labute approximate surface area is 154 Å². The molecule has 1 N–H and O–H groups in total. The molecule has 0 saturated carbocycles. The van der Waals surface area contributed by atoms with Crippen molar-refractivity contribution in [3.8, 4) is 0 Å². The number of nitrogens with one attached hydrogen (secondary N) is 1. The van der Waals surface area contributed by atoms with E-state index in [1.807, 2.05) is 24.3 Å². The Kier molecular flexibility index (Phi) is 5.23. The summed E-state index contributed by atoms with van der Waals surface area (Å²) >= 11 is 3.39. The molecule has 1 fully saturated rings. The summed E-state index contributed by atoms with van der Waals surface area (Å²) < 4.78 is 5.92. The van der Waals surface area contributed by atoms with Gasteiger partial charge in [-0.2, -0.15) is 0 Å². The topological polar surface area (TPSA) is 61.9 Å². The summed E-state index contributed by atoms with van der Waals surface area (Å²) in [7, 11) is 1.74. The first-order valence-electron chi connectivity index (χ1n) is 7.84. The van der Waals surface area contributed by atoms with Crippen molar-refractivity contribution in [2.75, 3.05) is 30.4 Å². The highest BCUT2D eigenvalue weighted by Crippen LogP contribution is 2.21. The molecule has 1 aliphatic heterocycles. The molecule has 0 aromatic heterocycles. The van der Waals surface area contributed by atoms with E-state index in [-0.39, 0.29) is 12.1 Å². The van der Waals surface area contributed by atoms with Gasteiger partial charge in [0.25, 0.3) is 0 Å². The van der Waals surface area contributed by atoms with Gasteiger partial charge in [-0.05, 0) is 42.0 Å². The van der Waals surface area contributed by atoms with Crippen LogP contribution in [-0.4, -0.2) is 37.2 Å². The van der Waals surface area contributed by atoms with Crippen molar-refractivity contribution in [1.29, 1.82) is 0 Å². The summed E-state index contributed by atoms with van der Waals surface area (Å²) in [5.74, 6) is 0. The third-order valence-electron chi connectivity index (χ3n) is 3.87. The zero-order chi connectivity index (χ0) is 17.8. The Bertz CT molecular complexity index is 762. The van der Waals surface area contributed by atoms with Gasteiger partial charge in [0, 0.05) is 29.4 Å². The Morgan fingerprint density at radius 1 is 1.20 bits per heavy atom. The van der Waals surface area contributed by atoms with Crippen LogP contribution in [0.3, 0.4) is 0 Å². The van der Waals surface area contributed by atoms with Crippen LogP contribution in [-0.2, 0) is 11.3 Å². The molecule has 25 heavy (non-hydrogen) atoms. The fraction of sp³-hybridized carbons (Fsp3) is 0.222. The van der Waals surface area contributed by atoms with Crippen molar-refractivity contribution in [2.24, 2.45) is 0 Å². The van der Waals surface area contributed by atoms with Crippen LogP contribution >= 0.6 is 15.9 Å². The van der Waals surface area contributed by atoms with Gasteiger partial charge in [0.1, 0.15) is 6.61 Å². The minimum Gasteiger partial charge on any atom is -0.447 e. The van der Waals surface area contributed by atoms with Gasteiger partial charge in [0.2, 0.25) is 0 Å². The maximum absolute atomic E-state index is 12.3. The van der Waals surface area contributed by atoms with Gasteiger partial charge in [-0.1, -0.05) is 28.1 Å². The Morgan fingerprint density at radius 2 is 1.88 bits per heavy atom. The molecule has 1 saturated heterocycles. The summed E-state index contributed by atoms with van der Waals surface area (Å²) in [4.78, 5) is 27.0. The molecule has 130 valence electrons. The van der Waals surface area contributed by atoms with Crippen LogP contribution in [0.5, 0.6) is 0 Å². The molecule has 1 aliphatic rings. The van der Waals surface area contributed by atoms with Crippen LogP contribution in [0.1, 0.15) is 5.56 Å². The smallest absolute Gasteiger partial charge is 0.414 e. The Morgan fingerprint density at radius 3 is 2.48 bits per heavy atom. The number of nitrogens with zero attached hydrogens (tertiary/aromatic N) is 2. The first kappa shape index (κ1) is 17.3. The van der Waals surface area contributed by atoms with E-state index in [4.69, 9.17) is 4.74 Å². The van der Waals surface area contributed by atoms with Gasteiger partial charge in [-0.25, -0.2) is 9.59 Å². The molecular weight excluding hydrogens is 386 g/mol. The number of carbonyl (C=O) groups is 2. The lowest BCUT2D eigenvalue weighted by molar-refractivity contribution is 0.181. The van der Waals surface area contributed by atoms with Gasteiger partial charge in [-0.3, -0.25) is 4.90 Å². The number of cyclic esters (lactones) is 1. The molecule has 2 aromatic carbocycles. The summed E-state index contributed by atoms with van der Waals surface area (Å²) in [5.41, 5.74) is 2.47. The first-order valence-corrected chi connectivity index (χ1v) is 8.63. The van der Waals surface area contributed by atoms with E-state index < -0.39 is 0 Å². The first-order chi connectivity index (χ1) is 12.0. The number of ether oxygens (including phenoxy) is 1. The predicted octanol–water partition coefficient (Wildman–Crippen LogP) is 4.07. The highest BCUT2D eigenvalue weighted by Gasteiger charge is 2.23. The minimum absolute atomic E-state index is 0.198. The zero-order valence-electron chi connectivity index (χ0n) is 13.7. The number of hydrogen-bond acceptors (Lipinski definition) is 3. The molecule has 0 aliphatic carbocycles. The lowest BCUT2D eigenvalue weighted by Crippen LogP contribution is -2.30. The number of amides is 3. The third kappa shape index (κ3) is 4.30. The Hall–Kier alpha value is -2.54. The highest BCUT2D eigenvalue weighted by molar-refractivity contribution is 9.10. The van der Waals surface area contributed by atoms with Crippen LogP contribution in [0.25, 0.3) is 0 Å². The molecule has 0 spiro atoms. The SMILES string of the molecule is CN(Cc1ccc(Br)cc1)C(=O)Nc1ccc(N2CCOC2=O)cc1. The summed E-state index contributed by atoms with van der Waals surface area (Å²) in [6.45, 7) is 1.45. The van der Waals surface area contributed by atoms with E-state index in [2.05, 4.69) is 21.2 Å². The summed E-state index contributed by atoms with van der Waals surface area (Å²) in [6.07, 6.45) is -0.342. The molecule has 1 heterocycles. The van der Waals surface area contributed by atoms with E-state index in [0.29, 0.717) is 25.4 Å². The van der Waals surface area contributed by atoms with Crippen LogP contribution < -0.4 is 10.2 Å². The van der Waals surface area contributed by atoms with Crippen molar-refractivity contribution in [3.63, 3.8) is 0 Å². The molecule has 7 heteroatoms. The average molecular weight is 404 g/mol. The van der Waals surface area contributed by atoms with Gasteiger partial charge in [0.15, 0.2) is 0 Å². The van der Waals surface area contributed by atoms with E-state index in [1.54, 1.807) is 41.1 Å². The number of anilines is 2. The predicted molar refractivity (Wildman–Crippen MR) is 99.8 cm³/mol. The highest BCUT2D eigenvalue weighted by atomic mass is 79.9. The van der Waals surface area contributed by atoms with E-state index >= 15 is 0 Å². The summed E-state index contributed by atoms with van der Waals surface area (Å²) in [6, 6.07) is 14.8. The lowest BCUT2D eigenvalue weighted by Gasteiger charge is -2.19. The maximum Gasteiger partial charge on any atom is 0.414 e. The minimum atomic E-state index is -0.342. The zero-order valence-corrected chi connectivity index (χ0v) is 15.3. The number of carbonyl (C=O) groups excluding carboxylic acids is 2. The average Bonchev–Trinajstić information content (AvgIpc) is 3.03. The number of halogens is 1. The molecular formula is C18H18BrN3O3. The number of rotatable bonds is 4. The van der Waals surface area contributed by atoms with E-state index in [1.165, 1.54) is 0 Å². The van der Waals surface area contributed by atoms with Crippen LogP contribution in [0, 0.1) is 0 Å².